The molecule has 0 spiro atoms. The molecule has 2 aromatic rings. The molecule has 4 nitrogen and oxygen atoms in total. The number of hydrogen-bond donors (Lipinski definition) is 3. The average molecular weight is 290 g/mol. The van der Waals surface area contributed by atoms with Crippen LogP contribution in [0.25, 0.3) is 10.9 Å². The van der Waals surface area contributed by atoms with Gasteiger partial charge in [-0.05, 0) is 29.5 Å². The summed E-state index contributed by atoms with van der Waals surface area (Å²) in [6.07, 6.45) is 2.51. The second kappa shape index (κ2) is 6.24. The van der Waals surface area contributed by atoms with Gasteiger partial charge >= 0.3 is 5.97 Å². The van der Waals surface area contributed by atoms with Crippen molar-refractivity contribution < 1.29 is 9.90 Å². The predicted octanol–water partition coefficient (Wildman–Crippen LogP) is 2.00. The maximum atomic E-state index is 11.3. The Morgan fingerprint density at radius 3 is 2.80 bits per heavy atom. The molecule has 0 amide bonds. The van der Waals surface area contributed by atoms with E-state index < -0.39 is 15.7 Å². The normalized spacial score (nSPS) is 13.6. The molecule has 1 heterocycles. The number of benzene rings is 1. The van der Waals surface area contributed by atoms with Gasteiger partial charge in [0.25, 0.3) is 0 Å². The van der Waals surface area contributed by atoms with Crippen LogP contribution in [0.15, 0.2) is 24.4 Å². The van der Waals surface area contributed by atoms with Crippen molar-refractivity contribution in [3.05, 3.63) is 35.5 Å². The molecule has 0 aliphatic heterocycles. The van der Waals surface area contributed by atoms with E-state index in [2.05, 4.69) is 31.0 Å². The van der Waals surface area contributed by atoms with Gasteiger partial charge in [-0.1, -0.05) is 32.0 Å². The van der Waals surface area contributed by atoms with Crippen LogP contribution in [0, 0.1) is 5.92 Å². The zero-order valence-electron chi connectivity index (χ0n) is 12.0. The Hall–Kier alpha value is -1.59. The summed E-state index contributed by atoms with van der Waals surface area (Å²) >= 11 is 0. The summed E-state index contributed by atoms with van der Waals surface area (Å²) in [5.41, 5.74) is 3.48. The molecule has 20 heavy (non-hydrogen) atoms. The average Bonchev–Trinajstić information content (AvgIpc) is 2.81. The largest absolute Gasteiger partial charge is 0.481 e. The van der Waals surface area contributed by atoms with Gasteiger partial charge in [-0.3, -0.25) is 4.79 Å². The van der Waals surface area contributed by atoms with Gasteiger partial charge < -0.3 is 15.5 Å². The maximum Gasteiger partial charge on any atom is 0.306 e. The number of para-hydroxylation sites is 1. The van der Waals surface area contributed by atoms with E-state index in [-0.39, 0.29) is 5.92 Å². The first-order chi connectivity index (χ1) is 9.54. The number of aromatic nitrogens is 1. The van der Waals surface area contributed by atoms with Gasteiger partial charge in [-0.15, -0.1) is 0 Å². The van der Waals surface area contributed by atoms with Crippen molar-refractivity contribution in [1.29, 1.82) is 0 Å². The molecular formula is C15H22N2O2Si. The number of fused-ring (bicyclic) bond motifs is 1. The van der Waals surface area contributed by atoms with E-state index in [1.165, 1.54) is 5.56 Å². The number of nitrogens with two attached hydrogens (primary N) is 1. The third-order valence-electron chi connectivity index (χ3n) is 3.79. The van der Waals surface area contributed by atoms with Crippen LogP contribution in [-0.4, -0.2) is 25.7 Å². The number of carboxylic acid groups (broad SMARTS) is 1. The highest BCUT2D eigenvalue weighted by atomic mass is 28.2. The molecule has 4 N–H and O–H groups in total. The summed E-state index contributed by atoms with van der Waals surface area (Å²) in [5, 5.41) is 16.1. The van der Waals surface area contributed by atoms with Crippen LogP contribution in [0.1, 0.15) is 30.9 Å². The molecule has 1 atom stereocenters. The van der Waals surface area contributed by atoms with E-state index in [4.69, 9.17) is 5.40 Å². The number of carbonyl (C=O) groups is 1. The number of hydrogen-bond acceptors (Lipinski definition) is 2. The topological polar surface area (TPSA) is 79.1 Å². The highest BCUT2D eigenvalue weighted by Crippen LogP contribution is 2.28. The molecule has 0 aliphatic carbocycles. The molecule has 5 heteroatoms. The summed E-state index contributed by atoms with van der Waals surface area (Å²) in [6, 6.07) is 6.87. The molecule has 0 radical (unpaired) electrons. The van der Waals surface area contributed by atoms with Crippen molar-refractivity contribution in [3.8, 4) is 0 Å². The van der Waals surface area contributed by atoms with Crippen LogP contribution >= 0.6 is 0 Å². The van der Waals surface area contributed by atoms with Crippen molar-refractivity contribution in [2.24, 2.45) is 11.3 Å². The van der Waals surface area contributed by atoms with E-state index >= 15 is 0 Å². The fraction of sp³-hybridized carbons (Fsp3) is 0.400. The molecule has 1 aromatic carbocycles. The van der Waals surface area contributed by atoms with Gasteiger partial charge in [0.15, 0.2) is 0 Å². The lowest BCUT2D eigenvalue weighted by Crippen LogP contribution is -2.21. The number of aromatic amines is 1. The molecule has 0 unspecified atom stereocenters. The first-order valence-electron chi connectivity index (χ1n) is 7.06. The minimum Gasteiger partial charge on any atom is -0.481 e. The Bertz CT molecular complexity index is 607. The molecule has 2 rings (SSSR count). The Morgan fingerprint density at radius 1 is 1.45 bits per heavy atom. The molecule has 0 saturated carbocycles. The summed E-state index contributed by atoms with van der Waals surface area (Å²) in [4.78, 5) is 14.6. The highest BCUT2D eigenvalue weighted by Gasteiger charge is 2.19. The fourth-order valence-electron chi connectivity index (χ4n) is 2.67. The molecule has 108 valence electrons. The zero-order chi connectivity index (χ0) is 14.7. The second-order valence-corrected chi connectivity index (χ2v) is 6.71. The SMILES string of the molecule is CC(C)c1cccc2c(C[C@H](C[SiH2]N)C(=O)O)c[nH]c12. The first kappa shape index (κ1) is 14.8. The van der Waals surface area contributed by atoms with Crippen LogP contribution in [-0.2, 0) is 11.2 Å². The lowest BCUT2D eigenvalue weighted by Gasteiger charge is -2.11. The van der Waals surface area contributed by atoms with E-state index in [0.29, 0.717) is 18.4 Å². The third kappa shape index (κ3) is 2.94. The van der Waals surface area contributed by atoms with Crippen molar-refractivity contribution in [1.82, 2.24) is 4.98 Å². The van der Waals surface area contributed by atoms with Gasteiger partial charge in [0.1, 0.15) is 0 Å². The standard InChI is InChI=1S/C15H22N2O2Si/c1-9(2)12-4-3-5-13-10(7-17-14(12)13)6-11(8-20-16)15(18)19/h3-5,7,9,11,17H,6,8,16,20H2,1-2H3,(H,18,19)/t11-/m1/s1. The molecule has 0 fully saturated rings. The molecule has 0 bridgehead atoms. The molecule has 0 saturated heterocycles. The number of H-pyrrole nitrogens is 1. The third-order valence-corrected chi connectivity index (χ3v) is 4.82. The van der Waals surface area contributed by atoms with Crippen molar-refractivity contribution in [3.63, 3.8) is 0 Å². The Kier molecular flexibility index (Phi) is 4.62. The van der Waals surface area contributed by atoms with Gasteiger partial charge in [0.2, 0.25) is 0 Å². The summed E-state index contributed by atoms with van der Waals surface area (Å²) in [7, 11) is -0.739. The Balaban J connectivity index is 2.36. The summed E-state index contributed by atoms with van der Waals surface area (Å²) < 4.78 is 0. The minimum absolute atomic E-state index is 0.353. The van der Waals surface area contributed by atoms with Crippen LogP contribution in [0.2, 0.25) is 6.04 Å². The van der Waals surface area contributed by atoms with Crippen molar-refractivity contribution in [2.75, 3.05) is 0 Å². The lowest BCUT2D eigenvalue weighted by molar-refractivity contribution is -0.141. The fourth-order valence-corrected chi connectivity index (χ4v) is 3.52. The second-order valence-electron chi connectivity index (χ2n) is 5.56. The summed E-state index contributed by atoms with van der Waals surface area (Å²) in [6.45, 7) is 4.32. The minimum atomic E-state index is -0.739. The Labute approximate surface area is 121 Å². The van der Waals surface area contributed by atoms with E-state index in [1.54, 1.807) is 0 Å². The lowest BCUT2D eigenvalue weighted by atomic mass is 9.96. The predicted molar refractivity (Wildman–Crippen MR) is 84.8 cm³/mol. The number of rotatable bonds is 6. The van der Waals surface area contributed by atoms with Crippen molar-refractivity contribution in [2.45, 2.75) is 32.2 Å². The quantitative estimate of drug-likeness (QED) is 0.712. The number of nitrogens with one attached hydrogen (secondary N) is 1. The van der Waals surface area contributed by atoms with Gasteiger partial charge in [-0.25, -0.2) is 0 Å². The van der Waals surface area contributed by atoms with E-state index in [1.807, 2.05) is 12.3 Å². The zero-order valence-corrected chi connectivity index (χ0v) is 13.4. The smallest absolute Gasteiger partial charge is 0.306 e. The maximum absolute atomic E-state index is 11.3. The van der Waals surface area contributed by atoms with Gasteiger partial charge in [-0.2, -0.15) is 0 Å². The van der Waals surface area contributed by atoms with E-state index in [9.17, 15) is 9.90 Å². The Morgan fingerprint density at radius 2 is 2.20 bits per heavy atom. The van der Waals surface area contributed by atoms with Crippen LogP contribution < -0.4 is 5.40 Å². The van der Waals surface area contributed by atoms with E-state index in [0.717, 1.165) is 16.5 Å². The van der Waals surface area contributed by atoms with Crippen LogP contribution in [0.3, 0.4) is 0 Å². The monoisotopic (exact) mass is 290 g/mol. The van der Waals surface area contributed by atoms with Crippen LogP contribution in [0.5, 0.6) is 0 Å². The molecule has 1 aromatic heterocycles. The number of aliphatic carboxylic acids is 1. The molecular weight excluding hydrogens is 268 g/mol. The van der Waals surface area contributed by atoms with Gasteiger partial charge in [0.05, 0.1) is 15.6 Å². The van der Waals surface area contributed by atoms with Crippen molar-refractivity contribution >= 4 is 26.6 Å². The highest BCUT2D eigenvalue weighted by molar-refractivity contribution is 6.31. The molecule has 0 aliphatic rings. The van der Waals surface area contributed by atoms with Crippen LogP contribution in [0.4, 0.5) is 0 Å². The first-order valence-corrected chi connectivity index (χ1v) is 8.88. The summed E-state index contributed by atoms with van der Waals surface area (Å²) in [5.74, 6) is -0.650. The number of carboxylic acids is 1. The van der Waals surface area contributed by atoms with Gasteiger partial charge in [0, 0.05) is 17.1 Å².